The van der Waals surface area contributed by atoms with Gasteiger partial charge in [-0.15, -0.1) is 0 Å². The molecule has 1 heterocycles. The quantitative estimate of drug-likeness (QED) is 0.763. The van der Waals surface area contributed by atoms with Crippen LogP contribution in [0.25, 0.3) is 11.0 Å². The SMILES string of the molecule is COc1ccc(COc2ccc3nc(N)[nH]c3c2)cc1. The molecular weight excluding hydrogens is 254 g/mol. The normalized spacial score (nSPS) is 10.7. The molecule has 0 aliphatic rings. The number of nitrogens with zero attached hydrogens (tertiary/aromatic N) is 1. The first-order valence-electron chi connectivity index (χ1n) is 6.25. The average molecular weight is 269 g/mol. The van der Waals surface area contributed by atoms with Crippen LogP contribution < -0.4 is 15.2 Å². The van der Waals surface area contributed by atoms with Crippen molar-refractivity contribution >= 4 is 17.0 Å². The molecule has 1 aromatic heterocycles. The molecule has 0 bridgehead atoms. The first-order chi connectivity index (χ1) is 9.74. The number of nitrogen functional groups attached to an aromatic ring is 1. The van der Waals surface area contributed by atoms with Crippen molar-refractivity contribution in [3.63, 3.8) is 0 Å². The van der Waals surface area contributed by atoms with E-state index in [1.807, 2.05) is 42.5 Å². The lowest BCUT2D eigenvalue weighted by atomic mass is 10.2. The Kier molecular flexibility index (Phi) is 3.16. The third kappa shape index (κ3) is 2.51. The summed E-state index contributed by atoms with van der Waals surface area (Å²) >= 11 is 0. The summed E-state index contributed by atoms with van der Waals surface area (Å²) in [5, 5.41) is 0. The molecule has 0 fully saturated rings. The van der Waals surface area contributed by atoms with Crippen LogP contribution in [0, 0.1) is 0 Å². The number of nitrogens with two attached hydrogens (primary N) is 1. The number of ether oxygens (including phenoxy) is 2. The maximum absolute atomic E-state index is 5.75. The highest BCUT2D eigenvalue weighted by molar-refractivity contribution is 5.78. The van der Waals surface area contributed by atoms with Crippen molar-refractivity contribution in [3.05, 3.63) is 48.0 Å². The highest BCUT2D eigenvalue weighted by atomic mass is 16.5. The van der Waals surface area contributed by atoms with Gasteiger partial charge in [-0.05, 0) is 29.8 Å². The Balaban J connectivity index is 1.72. The predicted molar refractivity (Wildman–Crippen MR) is 77.8 cm³/mol. The fourth-order valence-corrected chi connectivity index (χ4v) is 1.99. The highest BCUT2D eigenvalue weighted by Crippen LogP contribution is 2.21. The third-order valence-electron chi connectivity index (χ3n) is 3.04. The largest absolute Gasteiger partial charge is 0.497 e. The van der Waals surface area contributed by atoms with E-state index in [0.717, 1.165) is 28.1 Å². The molecule has 3 rings (SSSR count). The molecule has 5 heteroatoms. The minimum absolute atomic E-state index is 0.410. The summed E-state index contributed by atoms with van der Waals surface area (Å²) < 4.78 is 10.9. The Labute approximate surface area is 116 Å². The second kappa shape index (κ2) is 5.13. The van der Waals surface area contributed by atoms with Gasteiger partial charge in [0.15, 0.2) is 5.95 Å². The number of methoxy groups -OCH3 is 1. The summed E-state index contributed by atoms with van der Waals surface area (Å²) in [4.78, 5) is 7.13. The zero-order chi connectivity index (χ0) is 13.9. The fraction of sp³-hybridized carbons (Fsp3) is 0.133. The van der Waals surface area contributed by atoms with Gasteiger partial charge in [-0.1, -0.05) is 12.1 Å². The van der Waals surface area contributed by atoms with Crippen molar-refractivity contribution in [1.29, 1.82) is 0 Å². The summed E-state index contributed by atoms with van der Waals surface area (Å²) in [6.45, 7) is 0.499. The number of benzene rings is 2. The maximum atomic E-state index is 5.75. The van der Waals surface area contributed by atoms with Crippen LogP contribution in [-0.2, 0) is 6.61 Å². The highest BCUT2D eigenvalue weighted by Gasteiger charge is 2.02. The average Bonchev–Trinajstić information content (AvgIpc) is 2.85. The monoisotopic (exact) mass is 269 g/mol. The molecule has 0 unspecified atom stereocenters. The number of aromatic amines is 1. The van der Waals surface area contributed by atoms with Crippen molar-refractivity contribution in [3.8, 4) is 11.5 Å². The number of hydrogen-bond acceptors (Lipinski definition) is 4. The first-order valence-corrected chi connectivity index (χ1v) is 6.25. The van der Waals surface area contributed by atoms with Crippen LogP contribution >= 0.6 is 0 Å². The number of fused-ring (bicyclic) bond motifs is 1. The first kappa shape index (κ1) is 12.3. The van der Waals surface area contributed by atoms with E-state index in [0.29, 0.717) is 12.6 Å². The smallest absolute Gasteiger partial charge is 0.198 e. The van der Waals surface area contributed by atoms with Crippen LogP contribution in [-0.4, -0.2) is 17.1 Å². The van der Waals surface area contributed by atoms with Crippen molar-refractivity contribution in [2.45, 2.75) is 6.61 Å². The summed E-state index contributed by atoms with van der Waals surface area (Å²) in [6, 6.07) is 13.4. The number of hydrogen-bond donors (Lipinski definition) is 2. The van der Waals surface area contributed by atoms with Crippen LogP contribution in [0.5, 0.6) is 11.5 Å². The van der Waals surface area contributed by atoms with E-state index in [-0.39, 0.29) is 0 Å². The second-order valence-electron chi connectivity index (χ2n) is 4.44. The van der Waals surface area contributed by atoms with Crippen molar-refractivity contribution in [2.24, 2.45) is 0 Å². The van der Waals surface area contributed by atoms with Crippen molar-refractivity contribution in [2.75, 3.05) is 12.8 Å². The number of imidazole rings is 1. The second-order valence-corrected chi connectivity index (χ2v) is 4.44. The van der Waals surface area contributed by atoms with E-state index in [2.05, 4.69) is 9.97 Å². The lowest BCUT2D eigenvalue weighted by Gasteiger charge is -2.07. The molecule has 0 radical (unpaired) electrons. The van der Waals surface area contributed by atoms with Gasteiger partial charge in [0.1, 0.15) is 18.1 Å². The van der Waals surface area contributed by atoms with E-state index in [9.17, 15) is 0 Å². The molecule has 3 N–H and O–H groups in total. The van der Waals surface area contributed by atoms with Crippen molar-refractivity contribution < 1.29 is 9.47 Å². The number of anilines is 1. The molecule has 0 aliphatic carbocycles. The molecule has 0 atom stereocenters. The van der Waals surface area contributed by atoms with Gasteiger partial charge in [-0.2, -0.15) is 0 Å². The number of H-pyrrole nitrogens is 1. The van der Waals surface area contributed by atoms with Crippen LogP contribution in [0.1, 0.15) is 5.56 Å². The predicted octanol–water partition coefficient (Wildman–Crippen LogP) is 2.73. The molecule has 20 heavy (non-hydrogen) atoms. The van der Waals surface area contributed by atoms with Gasteiger partial charge < -0.3 is 20.2 Å². The van der Waals surface area contributed by atoms with Crippen LogP contribution in [0.15, 0.2) is 42.5 Å². The van der Waals surface area contributed by atoms with Gasteiger partial charge in [0.05, 0.1) is 18.1 Å². The molecule has 2 aromatic carbocycles. The molecule has 0 saturated carbocycles. The molecule has 102 valence electrons. The summed E-state index contributed by atoms with van der Waals surface area (Å²) in [5.74, 6) is 2.02. The summed E-state index contributed by atoms with van der Waals surface area (Å²) in [7, 11) is 1.65. The van der Waals surface area contributed by atoms with E-state index >= 15 is 0 Å². The van der Waals surface area contributed by atoms with Gasteiger partial charge in [0.25, 0.3) is 0 Å². The minimum atomic E-state index is 0.410. The van der Waals surface area contributed by atoms with Crippen LogP contribution in [0.3, 0.4) is 0 Å². The molecule has 0 aliphatic heterocycles. The lowest BCUT2D eigenvalue weighted by molar-refractivity contribution is 0.306. The molecule has 0 saturated heterocycles. The van der Waals surface area contributed by atoms with Crippen molar-refractivity contribution in [1.82, 2.24) is 9.97 Å². The van der Waals surface area contributed by atoms with E-state index in [1.54, 1.807) is 7.11 Å². The molecule has 5 nitrogen and oxygen atoms in total. The summed E-state index contributed by atoms with van der Waals surface area (Å²) in [6.07, 6.45) is 0. The third-order valence-corrected chi connectivity index (χ3v) is 3.04. The van der Waals surface area contributed by atoms with E-state index in [4.69, 9.17) is 15.2 Å². The lowest BCUT2D eigenvalue weighted by Crippen LogP contribution is -1.95. The standard InChI is InChI=1S/C15H15N3O2/c1-19-11-4-2-10(3-5-11)9-20-12-6-7-13-14(8-12)18-15(16)17-13/h2-8H,9H2,1H3,(H3,16,17,18). The van der Waals surface area contributed by atoms with E-state index in [1.165, 1.54) is 0 Å². The van der Waals surface area contributed by atoms with Crippen LogP contribution in [0.4, 0.5) is 5.95 Å². The Hall–Kier alpha value is -2.69. The van der Waals surface area contributed by atoms with Gasteiger partial charge >= 0.3 is 0 Å². The van der Waals surface area contributed by atoms with Gasteiger partial charge in [0, 0.05) is 6.07 Å². The fourth-order valence-electron chi connectivity index (χ4n) is 1.99. The van der Waals surface area contributed by atoms with Gasteiger partial charge in [-0.3, -0.25) is 0 Å². The Bertz CT molecular complexity index is 720. The van der Waals surface area contributed by atoms with Crippen LogP contribution in [0.2, 0.25) is 0 Å². The van der Waals surface area contributed by atoms with E-state index < -0.39 is 0 Å². The van der Waals surface area contributed by atoms with Gasteiger partial charge in [-0.25, -0.2) is 4.98 Å². The summed E-state index contributed by atoms with van der Waals surface area (Å²) in [5.41, 5.74) is 8.40. The molecule has 3 aromatic rings. The number of nitrogens with one attached hydrogen (secondary N) is 1. The van der Waals surface area contributed by atoms with Gasteiger partial charge in [0.2, 0.25) is 0 Å². The molecular formula is C15H15N3O2. The maximum Gasteiger partial charge on any atom is 0.198 e. The Morgan fingerprint density at radius 1 is 1.10 bits per heavy atom. The number of rotatable bonds is 4. The zero-order valence-corrected chi connectivity index (χ0v) is 11.1. The Morgan fingerprint density at radius 3 is 2.60 bits per heavy atom. The number of aromatic nitrogens is 2. The molecule has 0 spiro atoms. The Morgan fingerprint density at radius 2 is 1.85 bits per heavy atom. The minimum Gasteiger partial charge on any atom is -0.497 e. The zero-order valence-electron chi connectivity index (χ0n) is 11.1. The molecule has 0 amide bonds. The topological polar surface area (TPSA) is 73.2 Å².